The third-order valence-corrected chi connectivity index (χ3v) is 13.2. The van der Waals surface area contributed by atoms with Crippen molar-refractivity contribution in [3.05, 3.63) is 173 Å². The molecule has 6 aromatic carbocycles. The lowest BCUT2D eigenvalue weighted by Crippen LogP contribution is -2.16. The van der Waals surface area contributed by atoms with Gasteiger partial charge in [-0.1, -0.05) is 136 Å². The Hall–Kier alpha value is -5.18. The zero-order valence-corrected chi connectivity index (χ0v) is 32.1. The summed E-state index contributed by atoms with van der Waals surface area (Å²) < 4.78 is 2.66. The first-order valence-corrected chi connectivity index (χ1v) is 20.2. The molecule has 2 heteroatoms. The number of fused-ring (bicyclic) bond motifs is 8. The van der Waals surface area contributed by atoms with E-state index in [0.717, 1.165) is 5.69 Å². The van der Waals surface area contributed by atoms with Gasteiger partial charge in [-0.25, -0.2) is 0 Å². The van der Waals surface area contributed by atoms with E-state index in [-0.39, 0.29) is 5.41 Å². The maximum absolute atomic E-state index is 3.67. The lowest BCUT2D eigenvalue weighted by atomic mass is 9.77. The van der Waals surface area contributed by atoms with Gasteiger partial charge < -0.3 is 5.32 Å². The number of hydrogen-bond acceptors (Lipinski definition) is 2. The molecule has 0 unspecified atom stereocenters. The van der Waals surface area contributed by atoms with Crippen LogP contribution in [0.5, 0.6) is 0 Å². The van der Waals surface area contributed by atoms with Crippen LogP contribution in [0.1, 0.15) is 92.2 Å². The number of benzene rings is 6. The van der Waals surface area contributed by atoms with Crippen LogP contribution in [0.25, 0.3) is 53.7 Å². The molecular formula is C51H47NS. The summed E-state index contributed by atoms with van der Waals surface area (Å²) in [6, 6.07) is 42.9. The van der Waals surface area contributed by atoms with Crippen LogP contribution in [0.15, 0.2) is 139 Å². The Balaban J connectivity index is 1.05. The minimum atomic E-state index is -0.0746. The van der Waals surface area contributed by atoms with Crippen LogP contribution in [0.4, 0.5) is 5.69 Å². The molecular weight excluding hydrogens is 659 g/mol. The molecule has 2 aliphatic rings. The second-order valence-corrected chi connectivity index (χ2v) is 16.8. The van der Waals surface area contributed by atoms with E-state index < -0.39 is 0 Å². The van der Waals surface area contributed by atoms with Crippen LogP contribution < -0.4 is 5.32 Å². The van der Waals surface area contributed by atoms with Crippen molar-refractivity contribution in [2.75, 3.05) is 5.32 Å². The molecule has 0 radical (unpaired) electrons. The van der Waals surface area contributed by atoms with Gasteiger partial charge in [-0.2, -0.15) is 0 Å². The highest BCUT2D eigenvalue weighted by atomic mass is 32.1. The number of allylic oxidation sites excluding steroid dienone is 4. The highest BCUT2D eigenvalue weighted by Gasteiger charge is 2.38. The molecule has 53 heavy (non-hydrogen) atoms. The average molecular weight is 706 g/mol. The molecule has 0 aliphatic heterocycles. The summed E-state index contributed by atoms with van der Waals surface area (Å²) in [5.41, 5.74) is 14.5. The predicted molar refractivity (Wildman–Crippen MR) is 232 cm³/mol. The highest BCUT2D eigenvalue weighted by molar-refractivity contribution is 7.25. The fourth-order valence-corrected chi connectivity index (χ4v) is 10.4. The fraction of sp³-hybridized carbons (Fsp3) is 0.216. The first-order chi connectivity index (χ1) is 25.9. The Kier molecular flexibility index (Phi) is 8.67. The Bertz CT molecular complexity index is 2620. The molecule has 262 valence electrons. The molecule has 0 spiro atoms. The van der Waals surface area contributed by atoms with Gasteiger partial charge >= 0.3 is 0 Å². The van der Waals surface area contributed by atoms with Crippen molar-refractivity contribution in [3.63, 3.8) is 0 Å². The Morgan fingerprint density at radius 1 is 0.717 bits per heavy atom. The summed E-state index contributed by atoms with van der Waals surface area (Å²) in [6.45, 7) is 9.27. The molecule has 0 atom stereocenters. The maximum atomic E-state index is 3.67. The second-order valence-electron chi connectivity index (χ2n) is 15.7. The third kappa shape index (κ3) is 5.94. The minimum absolute atomic E-state index is 0.0746. The molecule has 1 N–H and O–H groups in total. The van der Waals surface area contributed by atoms with Crippen LogP contribution in [0.2, 0.25) is 0 Å². The van der Waals surface area contributed by atoms with Gasteiger partial charge in [0.2, 0.25) is 0 Å². The molecule has 9 rings (SSSR count). The van der Waals surface area contributed by atoms with Gasteiger partial charge in [-0.15, -0.1) is 11.3 Å². The Morgan fingerprint density at radius 3 is 2.28 bits per heavy atom. The van der Waals surface area contributed by atoms with E-state index in [1.165, 1.54) is 113 Å². The van der Waals surface area contributed by atoms with Gasteiger partial charge in [-0.3, -0.25) is 0 Å². The van der Waals surface area contributed by atoms with Crippen molar-refractivity contribution in [2.24, 2.45) is 0 Å². The zero-order chi connectivity index (χ0) is 36.1. The molecule has 1 heterocycles. The predicted octanol–water partition coefficient (Wildman–Crippen LogP) is 15.0. The van der Waals surface area contributed by atoms with Crippen LogP contribution in [0.3, 0.4) is 0 Å². The van der Waals surface area contributed by atoms with Crippen molar-refractivity contribution >= 4 is 59.6 Å². The molecule has 0 amide bonds. The molecule has 1 saturated carbocycles. The van der Waals surface area contributed by atoms with Gasteiger partial charge in [0.15, 0.2) is 0 Å². The fourth-order valence-electron chi connectivity index (χ4n) is 9.23. The van der Waals surface area contributed by atoms with Crippen LogP contribution in [-0.4, -0.2) is 0 Å². The van der Waals surface area contributed by atoms with Crippen LogP contribution in [-0.2, 0) is 5.41 Å². The Morgan fingerprint density at radius 2 is 1.45 bits per heavy atom. The lowest BCUT2D eigenvalue weighted by molar-refractivity contribution is 0.445. The van der Waals surface area contributed by atoms with Crippen molar-refractivity contribution in [2.45, 2.75) is 71.1 Å². The topological polar surface area (TPSA) is 12.0 Å². The third-order valence-electron chi connectivity index (χ3n) is 12.1. The first-order valence-electron chi connectivity index (χ1n) is 19.4. The summed E-state index contributed by atoms with van der Waals surface area (Å²) in [5, 5.41) is 9.20. The lowest BCUT2D eigenvalue weighted by Gasteiger charge is -2.27. The quantitative estimate of drug-likeness (QED) is 0.163. The monoisotopic (exact) mass is 705 g/mol. The van der Waals surface area contributed by atoms with Gasteiger partial charge in [-0.05, 0) is 129 Å². The van der Waals surface area contributed by atoms with Crippen molar-refractivity contribution in [1.82, 2.24) is 0 Å². The standard InChI is InChI=1S/C51H47NS/c1-33-15-8-9-19-38(33)39(27-25-36-18-14-24-48-49(36)43-22-12-13-23-47(43)53-48)34(2)29-30-52-37-26-28-42-45(31-37)51(3,4)46-32-44(35-16-6-5-7-17-35)40-20-10-11-21-41(40)50(42)46/h8-15,18-32,35,52H,5-7,16-17H2,1-4H3/b27-25-,30-29+,39-34+. The van der Waals surface area contributed by atoms with E-state index >= 15 is 0 Å². The molecule has 0 bridgehead atoms. The van der Waals surface area contributed by atoms with E-state index in [1.807, 2.05) is 11.3 Å². The number of nitrogens with one attached hydrogen (secondary N) is 1. The van der Waals surface area contributed by atoms with Gasteiger partial charge in [0.1, 0.15) is 0 Å². The molecule has 1 nitrogen and oxygen atoms in total. The zero-order valence-electron chi connectivity index (χ0n) is 31.3. The number of thiophene rings is 1. The molecule has 1 fully saturated rings. The minimum Gasteiger partial charge on any atom is -0.362 e. The highest BCUT2D eigenvalue weighted by Crippen LogP contribution is 2.54. The summed E-state index contributed by atoms with van der Waals surface area (Å²) in [4.78, 5) is 0. The Labute approximate surface area is 318 Å². The molecule has 0 saturated heterocycles. The average Bonchev–Trinajstić information content (AvgIpc) is 3.68. The van der Waals surface area contributed by atoms with Crippen molar-refractivity contribution < 1.29 is 0 Å². The number of anilines is 1. The summed E-state index contributed by atoms with van der Waals surface area (Å²) in [6.07, 6.45) is 15.7. The van der Waals surface area contributed by atoms with E-state index in [1.54, 1.807) is 5.56 Å². The summed E-state index contributed by atoms with van der Waals surface area (Å²) in [5.74, 6) is 0.667. The largest absolute Gasteiger partial charge is 0.362 e. The maximum Gasteiger partial charge on any atom is 0.0383 e. The van der Waals surface area contributed by atoms with E-state index in [0.29, 0.717) is 5.92 Å². The summed E-state index contributed by atoms with van der Waals surface area (Å²) in [7, 11) is 0. The van der Waals surface area contributed by atoms with Gasteiger partial charge in [0.25, 0.3) is 0 Å². The molecule has 2 aliphatic carbocycles. The van der Waals surface area contributed by atoms with Crippen LogP contribution >= 0.6 is 11.3 Å². The van der Waals surface area contributed by atoms with Crippen molar-refractivity contribution in [1.29, 1.82) is 0 Å². The van der Waals surface area contributed by atoms with E-state index in [2.05, 4.69) is 173 Å². The normalized spacial score (nSPS) is 16.2. The SMILES string of the molecule is CC(/C=C/Nc1ccc2c(c1)C(C)(C)c1cc(C3CCCCC3)c3ccccc3c1-2)=C(/C=C\c1cccc2sc3ccccc3c12)c1ccccc1C. The smallest absolute Gasteiger partial charge is 0.0383 e. The van der Waals surface area contributed by atoms with E-state index in [4.69, 9.17) is 0 Å². The number of rotatable bonds is 7. The van der Waals surface area contributed by atoms with Crippen molar-refractivity contribution in [3.8, 4) is 11.1 Å². The van der Waals surface area contributed by atoms with Gasteiger partial charge in [0, 0.05) is 37.5 Å². The second kappa shape index (κ2) is 13.7. The van der Waals surface area contributed by atoms with Crippen LogP contribution in [0, 0.1) is 6.92 Å². The summed E-state index contributed by atoms with van der Waals surface area (Å²) >= 11 is 1.87. The molecule has 1 aromatic heterocycles. The molecule has 7 aromatic rings. The van der Waals surface area contributed by atoms with Gasteiger partial charge in [0.05, 0.1) is 0 Å². The van der Waals surface area contributed by atoms with E-state index in [9.17, 15) is 0 Å². The first kappa shape index (κ1) is 33.6. The number of aryl methyl sites for hydroxylation is 1. The number of hydrogen-bond donors (Lipinski definition) is 1.